The van der Waals surface area contributed by atoms with E-state index in [4.69, 9.17) is 10.6 Å². The number of hydrazine groups is 1. The van der Waals surface area contributed by atoms with Crippen LogP contribution in [0.5, 0.6) is 0 Å². The van der Waals surface area contributed by atoms with Gasteiger partial charge in [-0.1, -0.05) is 6.07 Å². The van der Waals surface area contributed by atoms with Crippen molar-refractivity contribution in [3.05, 3.63) is 28.3 Å². The summed E-state index contributed by atoms with van der Waals surface area (Å²) in [4.78, 5) is 10.6. The number of benzene rings is 1. The summed E-state index contributed by atoms with van der Waals surface area (Å²) in [5.74, 6) is 5.68. The summed E-state index contributed by atoms with van der Waals surface area (Å²) in [6.07, 6.45) is 0.982. The van der Waals surface area contributed by atoms with Crippen LogP contribution in [0.25, 0.3) is 0 Å². The number of nitro groups is 1. The Hall–Kier alpha value is -1.86. The van der Waals surface area contributed by atoms with Crippen molar-refractivity contribution >= 4 is 17.1 Å². The van der Waals surface area contributed by atoms with Crippen molar-refractivity contribution in [3.8, 4) is 0 Å². The molecule has 7 nitrogen and oxygen atoms in total. The minimum Gasteiger partial charge on any atom is -0.381 e. The smallest absolute Gasteiger partial charge is 0.316 e. The van der Waals surface area contributed by atoms with Crippen LogP contribution in [0.4, 0.5) is 17.1 Å². The molecule has 2 rings (SSSR count). The molecule has 1 aliphatic rings. The predicted molar refractivity (Wildman–Crippen MR) is 68.3 cm³/mol. The van der Waals surface area contributed by atoms with E-state index in [-0.39, 0.29) is 5.69 Å². The molecule has 1 heterocycles. The fourth-order valence-corrected chi connectivity index (χ4v) is 2.00. The molecule has 18 heavy (non-hydrogen) atoms. The zero-order valence-electron chi connectivity index (χ0n) is 9.89. The van der Waals surface area contributed by atoms with E-state index in [2.05, 4.69) is 10.7 Å². The fraction of sp³-hybridized carbons (Fsp3) is 0.455. The predicted octanol–water partition coefficient (Wildman–Crippen LogP) is 1.33. The first-order valence-corrected chi connectivity index (χ1v) is 5.78. The molecule has 1 fully saturated rings. The van der Waals surface area contributed by atoms with Crippen LogP contribution in [0.2, 0.25) is 0 Å². The fourth-order valence-electron chi connectivity index (χ4n) is 2.00. The molecule has 0 radical (unpaired) electrons. The van der Waals surface area contributed by atoms with E-state index in [1.807, 2.05) is 0 Å². The van der Waals surface area contributed by atoms with Gasteiger partial charge < -0.3 is 15.5 Å². The average molecular weight is 252 g/mol. The molecular weight excluding hydrogens is 236 g/mol. The minimum atomic E-state index is -0.442. The number of nitrogen functional groups attached to an aromatic ring is 1. The molecule has 1 unspecified atom stereocenters. The molecular formula is C11H16N4O3. The molecule has 98 valence electrons. The molecule has 0 saturated carbocycles. The van der Waals surface area contributed by atoms with Gasteiger partial charge in [-0.05, 0) is 18.6 Å². The van der Waals surface area contributed by atoms with E-state index in [1.54, 1.807) is 18.2 Å². The summed E-state index contributed by atoms with van der Waals surface area (Å²) >= 11 is 0. The maximum atomic E-state index is 11.0. The lowest BCUT2D eigenvalue weighted by Gasteiger charge is -2.12. The highest BCUT2D eigenvalue weighted by molar-refractivity contribution is 5.75. The molecule has 1 aliphatic heterocycles. The van der Waals surface area contributed by atoms with Gasteiger partial charge in [-0.2, -0.15) is 0 Å². The Bertz CT molecular complexity index is 432. The summed E-state index contributed by atoms with van der Waals surface area (Å²) in [6, 6.07) is 4.96. The SMILES string of the molecule is NNc1cccc(NCC2CCOC2)c1[N+](=O)[O-]. The Kier molecular flexibility index (Phi) is 3.96. The third-order valence-corrected chi connectivity index (χ3v) is 2.98. The van der Waals surface area contributed by atoms with Crippen molar-refractivity contribution in [2.24, 2.45) is 11.8 Å². The number of nitrogens with zero attached hydrogens (tertiary/aromatic N) is 1. The molecule has 0 bridgehead atoms. The maximum absolute atomic E-state index is 11.0. The number of nitro benzene ring substituents is 1. The molecule has 1 saturated heterocycles. The highest BCUT2D eigenvalue weighted by Crippen LogP contribution is 2.32. The highest BCUT2D eigenvalue weighted by atomic mass is 16.6. The van der Waals surface area contributed by atoms with Crippen molar-refractivity contribution in [3.63, 3.8) is 0 Å². The van der Waals surface area contributed by atoms with Crippen molar-refractivity contribution in [2.75, 3.05) is 30.5 Å². The second-order valence-electron chi connectivity index (χ2n) is 4.21. The molecule has 1 atom stereocenters. The van der Waals surface area contributed by atoms with Gasteiger partial charge in [0.05, 0.1) is 11.5 Å². The van der Waals surface area contributed by atoms with Crippen LogP contribution >= 0.6 is 0 Å². The van der Waals surface area contributed by atoms with E-state index >= 15 is 0 Å². The van der Waals surface area contributed by atoms with Gasteiger partial charge in [0.25, 0.3) is 0 Å². The normalized spacial score (nSPS) is 18.6. The first kappa shape index (κ1) is 12.6. The van der Waals surface area contributed by atoms with E-state index in [9.17, 15) is 10.1 Å². The molecule has 0 aliphatic carbocycles. The largest absolute Gasteiger partial charge is 0.381 e. The van der Waals surface area contributed by atoms with Crippen molar-refractivity contribution in [1.29, 1.82) is 0 Å². The van der Waals surface area contributed by atoms with Crippen LogP contribution in [0.1, 0.15) is 6.42 Å². The van der Waals surface area contributed by atoms with Crippen LogP contribution in [-0.4, -0.2) is 24.7 Å². The van der Waals surface area contributed by atoms with Crippen molar-refractivity contribution in [2.45, 2.75) is 6.42 Å². The maximum Gasteiger partial charge on any atom is 0.316 e. The van der Waals surface area contributed by atoms with Gasteiger partial charge in [-0.25, -0.2) is 0 Å². The zero-order chi connectivity index (χ0) is 13.0. The summed E-state index contributed by atoms with van der Waals surface area (Å²) in [5.41, 5.74) is 3.08. The Morgan fingerprint density at radius 1 is 1.50 bits per heavy atom. The molecule has 0 aromatic heterocycles. The van der Waals surface area contributed by atoms with Crippen LogP contribution in [0.3, 0.4) is 0 Å². The second-order valence-corrected chi connectivity index (χ2v) is 4.21. The molecule has 0 spiro atoms. The van der Waals surface area contributed by atoms with E-state index in [0.717, 1.165) is 13.0 Å². The first-order valence-electron chi connectivity index (χ1n) is 5.78. The monoisotopic (exact) mass is 252 g/mol. The van der Waals surface area contributed by atoms with Gasteiger partial charge in [0.1, 0.15) is 11.4 Å². The van der Waals surface area contributed by atoms with Gasteiger partial charge in [0, 0.05) is 19.1 Å². The van der Waals surface area contributed by atoms with Gasteiger partial charge in [-0.15, -0.1) is 0 Å². The Labute approximate surface area is 104 Å². The second kappa shape index (κ2) is 5.65. The molecule has 4 N–H and O–H groups in total. The highest BCUT2D eigenvalue weighted by Gasteiger charge is 2.21. The number of ether oxygens (including phenoxy) is 1. The number of anilines is 2. The van der Waals surface area contributed by atoms with Gasteiger partial charge in [-0.3, -0.25) is 16.0 Å². The first-order chi connectivity index (χ1) is 8.72. The third kappa shape index (κ3) is 2.69. The van der Waals surface area contributed by atoms with Crippen molar-refractivity contribution < 1.29 is 9.66 Å². The van der Waals surface area contributed by atoms with Crippen LogP contribution in [0, 0.1) is 16.0 Å². The lowest BCUT2D eigenvalue weighted by molar-refractivity contribution is -0.383. The average Bonchev–Trinajstić information content (AvgIpc) is 2.88. The van der Waals surface area contributed by atoms with Gasteiger partial charge in [0.2, 0.25) is 0 Å². The summed E-state index contributed by atoms with van der Waals surface area (Å²) in [6.45, 7) is 2.13. The molecule has 7 heteroatoms. The standard InChI is InChI=1S/C11H16N4O3/c12-14-10-3-1-2-9(11(10)15(16)17)13-6-8-4-5-18-7-8/h1-3,8,13-14H,4-7,12H2. The van der Waals surface area contributed by atoms with E-state index < -0.39 is 4.92 Å². The van der Waals surface area contributed by atoms with Crippen LogP contribution < -0.4 is 16.6 Å². The Morgan fingerprint density at radius 3 is 2.89 bits per heavy atom. The lowest BCUT2D eigenvalue weighted by atomic mass is 10.1. The van der Waals surface area contributed by atoms with Crippen LogP contribution in [-0.2, 0) is 4.74 Å². The van der Waals surface area contributed by atoms with E-state index in [1.165, 1.54) is 0 Å². The lowest BCUT2D eigenvalue weighted by Crippen LogP contribution is -2.16. The Morgan fingerprint density at radius 2 is 2.28 bits per heavy atom. The number of rotatable bonds is 5. The van der Waals surface area contributed by atoms with Gasteiger partial charge >= 0.3 is 5.69 Å². The number of hydrogen-bond donors (Lipinski definition) is 3. The zero-order valence-corrected chi connectivity index (χ0v) is 9.89. The van der Waals surface area contributed by atoms with E-state index in [0.29, 0.717) is 30.4 Å². The number of para-hydroxylation sites is 1. The quantitative estimate of drug-likeness (QED) is 0.415. The number of nitrogens with two attached hydrogens (primary N) is 1. The number of nitrogens with one attached hydrogen (secondary N) is 2. The molecule has 1 aromatic carbocycles. The Balaban J connectivity index is 2.13. The summed E-state index contributed by atoms with van der Waals surface area (Å²) in [7, 11) is 0. The minimum absolute atomic E-state index is 0.0288. The topological polar surface area (TPSA) is 102 Å². The summed E-state index contributed by atoms with van der Waals surface area (Å²) < 4.78 is 5.26. The number of hydrogen-bond acceptors (Lipinski definition) is 6. The third-order valence-electron chi connectivity index (χ3n) is 2.98. The van der Waals surface area contributed by atoms with Crippen LogP contribution in [0.15, 0.2) is 18.2 Å². The summed E-state index contributed by atoms with van der Waals surface area (Å²) in [5, 5.41) is 14.1. The van der Waals surface area contributed by atoms with Gasteiger partial charge in [0.15, 0.2) is 0 Å². The van der Waals surface area contributed by atoms with Crippen molar-refractivity contribution in [1.82, 2.24) is 0 Å². The molecule has 1 aromatic rings. The molecule has 0 amide bonds.